The summed E-state index contributed by atoms with van der Waals surface area (Å²) in [5.41, 5.74) is 5.34. The van der Waals surface area contributed by atoms with E-state index < -0.39 is 0 Å². The predicted octanol–water partition coefficient (Wildman–Crippen LogP) is 1.54. The number of hydrogen-bond donors (Lipinski definition) is 3. The molecule has 0 heterocycles. The van der Waals surface area contributed by atoms with E-state index in [4.69, 9.17) is 10.9 Å². The third-order valence-corrected chi connectivity index (χ3v) is 2.45. The molecular formula is C10H23N3O. The minimum atomic E-state index is 0.321. The van der Waals surface area contributed by atoms with Gasteiger partial charge in [-0.1, -0.05) is 19.0 Å². The van der Waals surface area contributed by atoms with Gasteiger partial charge in [-0.2, -0.15) is 0 Å². The van der Waals surface area contributed by atoms with Gasteiger partial charge in [0, 0.05) is 12.5 Å². The van der Waals surface area contributed by atoms with Crippen LogP contribution in [0.25, 0.3) is 0 Å². The fourth-order valence-corrected chi connectivity index (χ4v) is 1.05. The average molecular weight is 201 g/mol. The second-order valence-corrected chi connectivity index (χ2v) is 4.04. The Hall–Kier alpha value is -0.770. The van der Waals surface area contributed by atoms with Crippen molar-refractivity contribution in [3.63, 3.8) is 0 Å². The topological polar surface area (TPSA) is 70.6 Å². The first-order valence-electron chi connectivity index (χ1n) is 5.27. The van der Waals surface area contributed by atoms with E-state index in [0.29, 0.717) is 24.2 Å². The van der Waals surface area contributed by atoms with Crippen LogP contribution in [-0.2, 0) is 0 Å². The van der Waals surface area contributed by atoms with Crippen molar-refractivity contribution < 1.29 is 5.21 Å². The molecule has 0 amide bonds. The molecule has 14 heavy (non-hydrogen) atoms. The largest absolute Gasteiger partial charge is 0.409 e. The maximum absolute atomic E-state index is 8.30. The fraction of sp³-hybridized carbons (Fsp3) is 0.900. The van der Waals surface area contributed by atoms with Crippen LogP contribution in [0.4, 0.5) is 0 Å². The molecular weight excluding hydrogens is 178 g/mol. The molecule has 4 N–H and O–H groups in total. The van der Waals surface area contributed by atoms with E-state index >= 15 is 0 Å². The summed E-state index contributed by atoms with van der Waals surface area (Å²) in [6.07, 6.45) is 2.70. The highest BCUT2D eigenvalue weighted by atomic mass is 16.4. The van der Waals surface area contributed by atoms with Crippen molar-refractivity contribution in [2.75, 3.05) is 6.54 Å². The average Bonchev–Trinajstić information content (AvgIpc) is 2.16. The third-order valence-electron chi connectivity index (χ3n) is 2.45. The van der Waals surface area contributed by atoms with Gasteiger partial charge in [0.05, 0.1) is 0 Å². The molecule has 0 radical (unpaired) electrons. The zero-order valence-electron chi connectivity index (χ0n) is 9.45. The van der Waals surface area contributed by atoms with Gasteiger partial charge in [0.1, 0.15) is 5.84 Å². The first-order valence-corrected chi connectivity index (χ1v) is 5.27. The Morgan fingerprint density at radius 3 is 2.50 bits per heavy atom. The molecule has 0 aliphatic carbocycles. The van der Waals surface area contributed by atoms with Gasteiger partial charge in [-0.3, -0.25) is 0 Å². The van der Waals surface area contributed by atoms with Crippen LogP contribution in [-0.4, -0.2) is 23.6 Å². The van der Waals surface area contributed by atoms with Crippen molar-refractivity contribution in [2.24, 2.45) is 16.8 Å². The molecule has 0 spiro atoms. The molecule has 0 aromatic rings. The van der Waals surface area contributed by atoms with Crippen LogP contribution in [0.3, 0.4) is 0 Å². The normalized spacial score (nSPS) is 14.7. The van der Waals surface area contributed by atoms with E-state index in [9.17, 15) is 0 Å². The standard InChI is InChI=1S/C10H23N3O/c1-8(2)9(3)12-7-5-4-6-10(11)13-14/h8-9,12,14H,4-7H2,1-3H3,(H2,11,13). The van der Waals surface area contributed by atoms with E-state index in [-0.39, 0.29) is 0 Å². The Morgan fingerprint density at radius 1 is 1.36 bits per heavy atom. The zero-order valence-corrected chi connectivity index (χ0v) is 9.45. The Bertz CT molecular complexity index is 169. The van der Waals surface area contributed by atoms with E-state index in [1.54, 1.807) is 0 Å². The van der Waals surface area contributed by atoms with Gasteiger partial charge in [-0.05, 0) is 32.2 Å². The third kappa shape index (κ3) is 6.71. The smallest absolute Gasteiger partial charge is 0.139 e. The van der Waals surface area contributed by atoms with Crippen LogP contribution in [0, 0.1) is 5.92 Å². The van der Waals surface area contributed by atoms with Gasteiger partial charge >= 0.3 is 0 Å². The Labute approximate surface area is 86.6 Å². The number of unbranched alkanes of at least 4 members (excludes halogenated alkanes) is 1. The molecule has 1 unspecified atom stereocenters. The lowest BCUT2D eigenvalue weighted by atomic mass is 10.1. The molecule has 0 aliphatic heterocycles. The van der Waals surface area contributed by atoms with Crippen molar-refractivity contribution in [3.8, 4) is 0 Å². The minimum absolute atomic E-state index is 0.321. The van der Waals surface area contributed by atoms with Gasteiger partial charge in [-0.25, -0.2) is 0 Å². The summed E-state index contributed by atoms with van der Waals surface area (Å²) in [4.78, 5) is 0. The summed E-state index contributed by atoms with van der Waals surface area (Å²) in [5.74, 6) is 0.987. The lowest BCUT2D eigenvalue weighted by Gasteiger charge is -2.17. The zero-order chi connectivity index (χ0) is 11.0. The van der Waals surface area contributed by atoms with Crippen LogP contribution in [0.5, 0.6) is 0 Å². The highest BCUT2D eigenvalue weighted by molar-refractivity contribution is 5.79. The second-order valence-electron chi connectivity index (χ2n) is 4.04. The number of nitrogens with one attached hydrogen (secondary N) is 1. The van der Waals surface area contributed by atoms with Gasteiger partial charge in [0.25, 0.3) is 0 Å². The number of oxime groups is 1. The molecule has 0 rings (SSSR count). The van der Waals surface area contributed by atoms with E-state index in [0.717, 1.165) is 19.4 Å². The molecule has 1 atom stereocenters. The van der Waals surface area contributed by atoms with Crippen molar-refractivity contribution >= 4 is 5.84 Å². The SMILES string of the molecule is CC(C)C(C)NCCCCC(N)=NO. The maximum Gasteiger partial charge on any atom is 0.139 e. The number of nitrogens with zero attached hydrogens (tertiary/aromatic N) is 1. The van der Waals surface area contributed by atoms with Crippen molar-refractivity contribution in [1.29, 1.82) is 0 Å². The second kappa shape index (κ2) is 7.62. The monoisotopic (exact) mass is 201 g/mol. The molecule has 0 fully saturated rings. The quantitative estimate of drug-likeness (QED) is 0.192. The molecule has 0 aliphatic rings. The molecule has 0 aromatic carbocycles. The molecule has 0 saturated carbocycles. The summed E-state index contributed by atoms with van der Waals surface area (Å²) in [7, 11) is 0. The molecule has 0 saturated heterocycles. The number of amidine groups is 1. The minimum Gasteiger partial charge on any atom is -0.409 e. The van der Waals surface area contributed by atoms with Crippen LogP contribution < -0.4 is 11.1 Å². The van der Waals surface area contributed by atoms with E-state index in [1.165, 1.54) is 0 Å². The van der Waals surface area contributed by atoms with Crippen molar-refractivity contribution in [2.45, 2.75) is 46.1 Å². The first kappa shape index (κ1) is 13.2. The van der Waals surface area contributed by atoms with Gasteiger partial charge < -0.3 is 16.3 Å². The Kier molecular flexibility index (Phi) is 7.20. The van der Waals surface area contributed by atoms with Gasteiger partial charge in [0.2, 0.25) is 0 Å². The van der Waals surface area contributed by atoms with E-state index in [2.05, 4.69) is 31.2 Å². The number of rotatable bonds is 7. The maximum atomic E-state index is 8.30. The molecule has 0 aromatic heterocycles. The highest BCUT2D eigenvalue weighted by Gasteiger charge is 2.04. The highest BCUT2D eigenvalue weighted by Crippen LogP contribution is 2.00. The van der Waals surface area contributed by atoms with Crippen LogP contribution in [0.2, 0.25) is 0 Å². The summed E-state index contributed by atoms with van der Waals surface area (Å²) < 4.78 is 0. The van der Waals surface area contributed by atoms with Crippen LogP contribution >= 0.6 is 0 Å². The summed E-state index contributed by atoms with van der Waals surface area (Å²) >= 11 is 0. The van der Waals surface area contributed by atoms with Crippen molar-refractivity contribution in [3.05, 3.63) is 0 Å². The van der Waals surface area contributed by atoms with Crippen LogP contribution in [0.15, 0.2) is 5.16 Å². The number of hydrogen-bond acceptors (Lipinski definition) is 3. The van der Waals surface area contributed by atoms with Gasteiger partial charge in [-0.15, -0.1) is 0 Å². The summed E-state index contributed by atoms with van der Waals surface area (Å²) in [6.45, 7) is 7.59. The molecule has 4 heteroatoms. The summed E-state index contributed by atoms with van der Waals surface area (Å²) in [5, 5.41) is 14.7. The first-order chi connectivity index (χ1) is 6.57. The molecule has 84 valence electrons. The molecule has 0 bridgehead atoms. The Balaban J connectivity index is 3.30. The number of nitrogens with two attached hydrogens (primary N) is 1. The fourth-order valence-electron chi connectivity index (χ4n) is 1.05. The van der Waals surface area contributed by atoms with Gasteiger partial charge in [0.15, 0.2) is 0 Å². The lowest BCUT2D eigenvalue weighted by Crippen LogP contribution is -2.31. The lowest BCUT2D eigenvalue weighted by molar-refractivity contribution is 0.316. The van der Waals surface area contributed by atoms with Crippen molar-refractivity contribution in [1.82, 2.24) is 5.32 Å². The summed E-state index contributed by atoms with van der Waals surface area (Å²) in [6, 6.07) is 0.554. The molecule has 4 nitrogen and oxygen atoms in total. The van der Waals surface area contributed by atoms with E-state index in [1.807, 2.05) is 0 Å². The Morgan fingerprint density at radius 2 is 2.00 bits per heavy atom. The predicted molar refractivity (Wildman–Crippen MR) is 59.6 cm³/mol. The van der Waals surface area contributed by atoms with Crippen LogP contribution in [0.1, 0.15) is 40.0 Å².